The molecule has 0 aliphatic heterocycles. The number of hydrogen-bond donors (Lipinski definition) is 3. The van der Waals surface area contributed by atoms with Crippen molar-refractivity contribution in [3.63, 3.8) is 0 Å². The Balaban J connectivity index is 2.49. The summed E-state index contributed by atoms with van der Waals surface area (Å²) < 4.78 is 5.85. The molecule has 1 aliphatic carbocycles. The predicted octanol–water partition coefficient (Wildman–Crippen LogP) is 1.12. The molecule has 2 atom stereocenters. The highest BCUT2D eigenvalue weighted by molar-refractivity contribution is 8.00. The van der Waals surface area contributed by atoms with Gasteiger partial charge in [-0.15, -0.1) is 11.8 Å². The fourth-order valence-corrected chi connectivity index (χ4v) is 3.62. The van der Waals surface area contributed by atoms with Gasteiger partial charge in [0.25, 0.3) is 0 Å². The summed E-state index contributed by atoms with van der Waals surface area (Å²) in [5.74, 6) is 0.668. The Labute approximate surface area is 143 Å². The highest BCUT2D eigenvalue weighted by Gasteiger charge is 2.23. The maximum Gasteiger partial charge on any atom is 0.321 e. The van der Waals surface area contributed by atoms with Crippen LogP contribution in [0.3, 0.4) is 0 Å². The average molecular weight is 343 g/mol. The summed E-state index contributed by atoms with van der Waals surface area (Å²) in [6, 6.07) is -0.534. The minimum Gasteiger partial charge on any atom is -0.498 e. The number of carboxylic acid groups (broad SMARTS) is 1. The zero-order valence-electron chi connectivity index (χ0n) is 14.5. The molecule has 6 nitrogen and oxygen atoms in total. The van der Waals surface area contributed by atoms with E-state index in [0.29, 0.717) is 12.4 Å². The van der Waals surface area contributed by atoms with Gasteiger partial charge in [-0.05, 0) is 39.7 Å². The van der Waals surface area contributed by atoms with Gasteiger partial charge in [0.05, 0.1) is 17.6 Å². The molecule has 0 radical (unpaired) electrons. The third-order valence-electron chi connectivity index (χ3n) is 3.62. The van der Waals surface area contributed by atoms with Crippen molar-refractivity contribution in [3.8, 4) is 0 Å². The van der Waals surface area contributed by atoms with Crippen LogP contribution in [0, 0.1) is 0 Å². The van der Waals surface area contributed by atoms with Crippen molar-refractivity contribution < 1.29 is 14.6 Å². The summed E-state index contributed by atoms with van der Waals surface area (Å²) >= 11 is 1.64. The maximum atomic E-state index is 11.1. The number of nitrogens with one attached hydrogen (secondary N) is 2. The van der Waals surface area contributed by atoms with Crippen molar-refractivity contribution in [2.75, 3.05) is 47.1 Å². The Kier molecular flexibility index (Phi) is 9.13. The van der Waals surface area contributed by atoms with Crippen LogP contribution in [-0.4, -0.2) is 74.4 Å². The third-order valence-corrected chi connectivity index (χ3v) is 4.97. The molecule has 0 heterocycles. The van der Waals surface area contributed by atoms with Crippen LogP contribution in [0.4, 0.5) is 0 Å². The number of likely N-dealkylation sites (N-methyl/N-ethyl adjacent to an activating group) is 1. The second kappa shape index (κ2) is 10.6. The van der Waals surface area contributed by atoms with Crippen molar-refractivity contribution in [2.24, 2.45) is 0 Å². The van der Waals surface area contributed by atoms with E-state index in [4.69, 9.17) is 9.84 Å². The standard InChI is InChI=1S/C16H29N3O3S/c1-17-13-7-6-12(22-9-5-8-19(3)4)10-15(13)23-11-14(18-2)16(20)21/h6-7,14-15,17-18H,5,8-11H2,1-4H3,(H,20,21)/t14-,15?/m1/s1. The molecule has 1 rings (SSSR count). The number of hydrogen-bond acceptors (Lipinski definition) is 6. The van der Waals surface area contributed by atoms with E-state index in [1.807, 2.05) is 19.2 Å². The van der Waals surface area contributed by atoms with E-state index in [1.54, 1.807) is 18.8 Å². The van der Waals surface area contributed by atoms with Crippen molar-refractivity contribution >= 4 is 17.7 Å². The molecular weight excluding hydrogens is 314 g/mol. The smallest absolute Gasteiger partial charge is 0.321 e. The second-order valence-electron chi connectivity index (χ2n) is 5.72. The number of thioether (sulfide) groups is 1. The summed E-state index contributed by atoms with van der Waals surface area (Å²) in [6.45, 7) is 1.71. The van der Waals surface area contributed by atoms with Crippen molar-refractivity contribution in [3.05, 3.63) is 23.6 Å². The molecule has 0 spiro atoms. The van der Waals surface area contributed by atoms with E-state index in [2.05, 4.69) is 29.6 Å². The molecule has 1 aliphatic rings. The summed E-state index contributed by atoms with van der Waals surface area (Å²) in [5, 5.41) is 15.3. The Hall–Kier alpha value is -1.18. The van der Waals surface area contributed by atoms with Gasteiger partial charge in [-0.2, -0.15) is 0 Å². The average Bonchev–Trinajstić information content (AvgIpc) is 2.52. The van der Waals surface area contributed by atoms with Gasteiger partial charge < -0.3 is 25.4 Å². The molecular formula is C16H29N3O3S. The zero-order chi connectivity index (χ0) is 17.2. The van der Waals surface area contributed by atoms with Gasteiger partial charge in [-0.1, -0.05) is 0 Å². The molecule has 3 N–H and O–H groups in total. The Morgan fingerprint density at radius 2 is 2.22 bits per heavy atom. The van der Waals surface area contributed by atoms with E-state index in [0.717, 1.165) is 30.8 Å². The number of rotatable bonds is 11. The Morgan fingerprint density at radius 1 is 1.48 bits per heavy atom. The molecule has 0 amide bonds. The molecule has 23 heavy (non-hydrogen) atoms. The number of allylic oxidation sites excluding steroid dienone is 3. The lowest BCUT2D eigenvalue weighted by atomic mass is 10.1. The Morgan fingerprint density at radius 3 is 2.78 bits per heavy atom. The number of carboxylic acids is 1. The lowest BCUT2D eigenvalue weighted by Gasteiger charge is -2.25. The fraction of sp³-hybridized carbons (Fsp3) is 0.688. The van der Waals surface area contributed by atoms with E-state index >= 15 is 0 Å². The highest BCUT2D eigenvalue weighted by Crippen LogP contribution is 2.29. The number of nitrogens with zero attached hydrogens (tertiary/aromatic N) is 1. The second-order valence-corrected chi connectivity index (χ2v) is 6.95. The van der Waals surface area contributed by atoms with E-state index in [-0.39, 0.29) is 5.25 Å². The minimum atomic E-state index is -0.818. The first-order valence-corrected chi connectivity index (χ1v) is 8.90. The summed E-state index contributed by atoms with van der Waals surface area (Å²) in [4.78, 5) is 13.2. The van der Waals surface area contributed by atoms with Crippen LogP contribution < -0.4 is 10.6 Å². The largest absolute Gasteiger partial charge is 0.498 e. The topological polar surface area (TPSA) is 73.8 Å². The molecule has 7 heteroatoms. The lowest BCUT2D eigenvalue weighted by molar-refractivity contribution is -0.138. The van der Waals surface area contributed by atoms with Crippen molar-refractivity contribution in [2.45, 2.75) is 24.1 Å². The molecule has 0 aromatic carbocycles. The number of ether oxygens (including phenoxy) is 1. The van der Waals surface area contributed by atoms with Crippen LogP contribution >= 0.6 is 11.8 Å². The molecule has 1 unspecified atom stereocenters. The van der Waals surface area contributed by atoms with Crippen LogP contribution in [0.5, 0.6) is 0 Å². The molecule has 0 aromatic heterocycles. The van der Waals surface area contributed by atoms with Crippen LogP contribution in [0.2, 0.25) is 0 Å². The fourth-order valence-electron chi connectivity index (χ4n) is 2.23. The first-order chi connectivity index (χ1) is 11.0. The van der Waals surface area contributed by atoms with Crippen LogP contribution in [0.15, 0.2) is 23.6 Å². The zero-order valence-corrected chi connectivity index (χ0v) is 15.3. The lowest BCUT2D eigenvalue weighted by Crippen LogP contribution is -2.37. The monoisotopic (exact) mass is 343 g/mol. The van der Waals surface area contributed by atoms with Gasteiger partial charge in [0.15, 0.2) is 0 Å². The first-order valence-electron chi connectivity index (χ1n) is 7.85. The van der Waals surface area contributed by atoms with Gasteiger partial charge in [-0.3, -0.25) is 4.79 Å². The molecule has 0 saturated carbocycles. The molecule has 132 valence electrons. The summed E-state index contributed by atoms with van der Waals surface area (Å²) in [7, 11) is 7.67. The van der Waals surface area contributed by atoms with Crippen LogP contribution in [-0.2, 0) is 9.53 Å². The van der Waals surface area contributed by atoms with Gasteiger partial charge in [0.2, 0.25) is 0 Å². The maximum absolute atomic E-state index is 11.1. The molecule has 0 bridgehead atoms. The highest BCUT2D eigenvalue weighted by atomic mass is 32.2. The molecule has 0 aromatic rings. The van der Waals surface area contributed by atoms with Crippen molar-refractivity contribution in [1.82, 2.24) is 15.5 Å². The van der Waals surface area contributed by atoms with Gasteiger partial charge in [0, 0.05) is 31.5 Å². The number of carbonyl (C=O) groups is 1. The molecule has 0 saturated heterocycles. The molecule has 0 fully saturated rings. The summed E-state index contributed by atoms with van der Waals surface area (Å²) in [5.41, 5.74) is 1.11. The minimum absolute atomic E-state index is 0.198. The van der Waals surface area contributed by atoms with Crippen molar-refractivity contribution in [1.29, 1.82) is 0 Å². The SMILES string of the molecule is CNC1=CC=C(OCCCN(C)C)CC1SC[C@@H](NC)C(=O)O. The van der Waals surface area contributed by atoms with E-state index in [1.165, 1.54) is 0 Å². The summed E-state index contributed by atoms with van der Waals surface area (Å²) in [6.07, 6.45) is 5.81. The van der Waals surface area contributed by atoms with Gasteiger partial charge in [0.1, 0.15) is 6.04 Å². The first kappa shape index (κ1) is 19.9. The third kappa shape index (κ3) is 7.28. The quantitative estimate of drug-likeness (QED) is 0.486. The van der Waals surface area contributed by atoms with Gasteiger partial charge >= 0.3 is 5.97 Å². The predicted molar refractivity (Wildman–Crippen MR) is 95.7 cm³/mol. The van der Waals surface area contributed by atoms with Gasteiger partial charge in [-0.25, -0.2) is 0 Å². The van der Waals surface area contributed by atoms with E-state index < -0.39 is 12.0 Å². The van der Waals surface area contributed by atoms with E-state index in [9.17, 15) is 4.79 Å². The Bertz CT molecular complexity index is 438. The van der Waals surface area contributed by atoms with Crippen LogP contribution in [0.25, 0.3) is 0 Å². The van der Waals surface area contributed by atoms with Crippen LogP contribution in [0.1, 0.15) is 12.8 Å². The normalized spacial score (nSPS) is 19.1. The number of aliphatic carboxylic acids is 1.